The Hall–Kier alpha value is -0.450. The summed E-state index contributed by atoms with van der Waals surface area (Å²) in [6.07, 6.45) is 15.1. The van der Waals surface area contributed by atoms with Crippen molar-refractivity contribution in [2.45, 2.75) is 119 Å². The molecule has 4 saturated carbocycles. The highest BCUT2D eigenvalue weighted by Gasteiger charge is 2.68. The number of rotatable bonds is 1. The summed E-state index contributed by atoms with van der Waals surface area (Å²) in [7, 11) is 0. The van der Waals surface area contributed by atoms with Gasteiger partial charge in [-0.15, -0.1) is 0 Å². The number of nitrogens with zero attached hydrogens (tertiary/aromatic N) is 1. The highest BCUT2D eigenvalue weighted by atomic mass is 32.1. The van der Waals surface area contributed by atoms with Crippen LogP contribution >= 0.6 is 12.2 Å². The van der Waals surface area contributed by atoms with Gasteiger partial charge in [0.1, 0.15) is 0 Å². The highest BCUT2D eigenvalue weighted by Crippen LogP contribution is 2.75. The molecule has 4 heteroatoms. The zero-order valence-electron chi connectivity index (χ0n) is 25.6. The average Bonchev–Trinajstić information content (AvgIpc) is 2.87. The number of allylic oxidation sites excluding steroid dienone is 2. The highest BCUT2D eigenvalue weighted by molar-refractivity contribution is 7.80. The Bertz CT molecular complexity index is 1010. The first-order valence-corrected chi connectivity index (χ1v) is 16.5. The third kappa shape index (κ3) is 3.60. The molecule has 5 fully saturated rings. The molecular weight excluding hydrogens is 484 g/mol. The Morgan fingerprint density at radius 1 is 0.895 bits per heavy atom. The van der Waals surface area contributed by atoms with Crippen molar-refractivity contribution in [3.8, 4) is 0 Å². The van der Waals surface area contributed by atoms with Crippen LogP contribution in [0.2, 0.25) is 0 Å². The molecule has 0 aromatic rings. The number of fused-ring (bicyclic) bond motifs is 7. The third-order valence-corrected chi connectivity index (χ3v) is 15.1. The van der Waals surface area contributed by atoms with Crippen LogP contribution in [0.5, 0.6) is 0 Å². The summed E-state index contributed by atoms with van der Waals surface area (Å²) in [5, 5.41) is 14.6. The maximum absolute atomic E-state index is 11.0. The van der Waals surface area contributed by atoms with Crippen molar-refractivity contribution in [1.82, 2.24) is 10.2 Å². The molecule has 0 aromatic carbocycles. The van der Waals surface area contributed by atoms with E-state index < -0.39 is 0 Å². The molecule has 1 saturated heterocycles. The Kier molecular flexibility index (Phi) is 6.40. The van der Waals surface area contributed by atoms with Crippen LogP contribution in [-0.2, 0) is 0 Å². The zero-order valence-corrected chi connectivity index (χ0v) is 26.4. The van der Waals surface area contributed by atoms with Crippen molar-refractivity contribution in [3.05, 3.63) is 11.6 Å². The topological polar surface area (TPSA) is 35.5 Å². The molecular formula is C34H56N2OS. The van der Waals surface area contributed by atoms with Crippen molar-refractivity contribution in [2.24, 2.45) is 50.2 Å². The second-order valence-electron chi connectivity index (χ2n) is 16.8. The number of piperazine rings is 1. The molecule has 2 N–H and O–H groups in total. The van der Waals surface area contributed by atoms with E-state index in [0.717, 1.165) is 32.6 Å². The summed E-state index contributed by atoms with van der Waals surface area (Å²) in [6.45, 7) is 22.1. The molecule has 8 atom stereocenters. The Morgan fingerprint density at radius 2 is 1.58 bits per heavy atom. The molecule has 6 rings (SSSR count). The molecule has 214 valence electrons. The molecule has 1 heterocycles. The van der Waals surface area contributed by atoms with Gasteiger partial charge in [-0.25, -0.2) is 0 Å². The number of nitrogens with one attached hydrogen (secondary N) is 1. The van der Waals surface area contributed by atoms with Crippen LogP contribution < -0.4 is 5.32 Å². The molecule has 0 amide bonds. The molecule has 3 nitrogen and oxygen atoms in total. The SMILES string of the molecule is CC1(C)CC[C@]2(C(=S)N3CCNCC3)CC[C@]3(C)C(=CC[C@@H]4[C@@]5(C)CC[C@H](O)C(C)(C)[C@@H]5CC[C@]43C)[C@@H]2C1. The van der Waals surface area contributed by atoms with Crippen LogP contribution in [0.1, 0.15) is 113 Å². The standard InChI is InChI=1S/C34H56N2OS/c1-29(2)14-16-34(28(38)36-20-18-35-19-21-36)17-15-32(6)23(24(34)22-29)8-9-26-31(5)12-11-27(37)30(3,4)25(31)10-13-33(26,32)7/h8,24-27,35,37H,9-22H2,1-7H3/t24-,25-,26+,27-,31-,32+,33+,34-/m0/s1. The molecule has 1 aliphatic heterocycles. The number of thiocarbonyl (C=S) groups is 1. The van der Waals surface area contributed by atoms with Gasteiger partial charge < -0.3 is 15.3 Å². The molecule has 6 aliphatic rings. The van der Waals surface area contributed by atoms with Gasteiger partial charge in [-0.05, 0) is 109 Å². The molecule has 38 heavy (non-hydrogen) atoms. The van der Waals surface area contributed by atoms with Crippen LogP contribution in [0, 0.1) is 50.2 Å². The van der Waals surface area contributed by atoms with Gasteiger partial charge >= 0.3 is 0 Å². The first-order chi connectivity index (χ1) is 17.7. The van der Waals surface area contributed by atoms with E-state index >= 15 is 0 Å². The van der Waals surface area contributed by atoms with E-state index in [4.69, 9.17) is 12.2 Å². The molecule has 0 spiro atoms. The number of hydrogen-bond acceptors (Lipinski definition) is 3. The maximum Gasteiger partial charge on any atom is 0.0848 e. The molecule has 0 aromatic heterocycles. The number of hydrogen-bond donors (Lipinski definition) is 2. The molecule has 0 radical (unpaired) electrons. The summed E-state index contributed by atoms with van der Waals surface area (Å²) in [5.41, 5.74) is 3.29. The predicted molar refractivity (Wildman–Crippen MR) is 162 cm³/mol. The average molecular weight is 541 g/mol. The fourth-order valence-electron chi connectivity index (χ4n) is 11.8. The van der Waals surface area contributed by atoms with E-state index in [0.29, 0.717) is 34.0 Å². The Morgan fingerprint density at radius 3 is 2.29 bits per heavy atom. The van der Waals surface area contributed by atoms with E-state index in [9.17, 15) is 5.11 Å². The molecule has 0 bridgehead atoms. The lowest BCUT2D eigenvalue weighted by Crippen LogP contribution is -2.65. The number of aliphatic hydroxyl groups excluding tert-OH is 1. The summed E-state index contributed by atoms with van der Waals surface area (Å²) in [6, 6.07) is 0. The fourth-order valence-corrected chi connectivity index (χ4v) is 12.3. The van der Waals surface area contributed by atoms with Crippen LogP contribution in [0.4, 0.5) is 0 Å². The molecule has 0 unspecified atom stereocenters. The van der Waals surface area contributed by atoms with Gasteiger partial charge in [0.05, 0.1) is 11.1 Å². The monoisotopic (exact) mass is 540 g/mol. The summed E-state index contributed by atoms with van der Waals surface area (Å²) in [4.78, 5) is 3.91. The third-order valence-electron chi connectivity index (χ3n) is 14.4. The van der Waals surface area contributed by atoms with E-state index in [-0.39, 0.29) is 22.3 Å². The minimum Gasteiger partial charge on any atom is -0.393 e. The first kappa shape index (κ1) is 27.7. The quantitative estimate of drug-likeness (QED) is 0.269. The zero-order chi connectivity index (χ0) is 27.4. The Balaban J connectivity index is 1.41. The van der Waals surface area contributed by atoms with Crippen LogP contribution in [0.25, 0.3) is 0 Å². The van der Waals surface area contributed by atoms with Gasteiger partial charge in [0.15, 0.2) is 0 Å². The smallest absolute Gasteiger partial charge is 0.0848 e. The normalized spacial score (nSPS) is 49.6. The van der Waals surface area contributed by atoms with Crippen molar-refractivity contribution in [1.29, 1.82) is 0 Å². The fraction of sp³-hybridized carbons (Fsp3) is 0.912. The van der Waals surface area contributed by atoms with E-state index in [2.05, 4.69) is 64.8 Å². The van der Waals surface area contributed by atoms with Gasteiger partial charge in [-0.1, -0.05) is 72.3 Å². The Labute approximate surface area is 239 Å². The van der Waals surface area contributed by atoms with Gasteiger partial charge in [0.2, 0.25) is 0 Å². The number of aliphatic hydroxyl groups is 1. The first-order valence-electron chi connectivity index (χ1n) is 16.1. The van der Waals surface area contributed by atoms with Gasteiger partial charge in [-0.2, -0.15) is 0 Å². The van der Waals surface area contributed by atoms with E-state index in [1.807, 2.05) is 5.57 Å². The lowest BCUT2D eigenvalue weighted by molar-refractivity contribution is -0.201. The molecule has 5 aliphatic carbocycles. The van der Waals surface area contributed by atoms with E-state index in [1.165, 1.54) is 62.8 Å². The van der Waals surface area contributed by atoms with Crippen LogP contribution in [0.15, 0.2) is 11.6 Å². The van der Waals surface area contributed by atoms with Crippen LogP contribution in [0.3, 0.4) is 0 Å². The minimum absolute atomic E-state index is 0.0177. The lowest BCUT2D eigenvalue weighted by atomic mass is 9.33. The summed E-state index contributed by atoms with van der Waals surface area (Å²) >= 11 is 6.51. The predicted octanol–water partition coefficient (Wildman–Crippen LogP) is 7.38. The second kappa shape index (κ2) is 8.78. The van der Waals surface area contributed by atoms with Gasteiger partial charge in [-0.3, -0.25) is 0 Å². The van der Waals surface area contributed by atoms with Crippen LogP contribution in [-0.4, -0.2) is 47.3 Å². The lowest BCUT2D eigenvalue weighted by Gasteiger charge is -2.71. The summed E-state index contributed by atoms with van der Waals surface area (Å²) < 4.78 is 0. The van der Waals surface area contributed by atoms with Gasteiger partial charge in [0.25, 0.3) is 0 Å². The maximum atomic E-state index is 11.0. The van der Waals surface area contributed by atoms with Gasteiger partial charge in [0, 0.05) is 31.6 Å². The van der Waals surface area contributed by atoms with Crippen molar-refractivity contribution < 1.29 is 5.11 Å². The van der Waals surface area contributed by atoms with E-state index in [1.54, 1.807) is 0 Å². The van der Waals surface area contributed by atoms with Crippen molar-refractivity contribution in [2.75, 3.05) is 26.2 Å². The second-order valence-corrected chi connectivity index (χ2v) is 17.2. The minimum atomic E-state index is -0.152. The largest absolute Gasteiger partial charge is 0.393 e. The van der Waals surface area contributed by atoms with Crippen molar-refractivity contribution >= 4 is 17.2 Å². The summed E-state index contributed by atoms with van der Waals surface area (Å²) in [5.74, 6) is 1.92. The van der Waals surface area contributed by atoms with Crippen molar-refractivity contribution in [3.63, 3.8) is 0 Å².